The predicted molar refractivity (Wildman–Crippen MR) is 99.9 cm³/mol. The molecule has 26 heavy (non-hydrogen) atoms. The molecule has 3 heterocycles. The van der Waals surface area contributed by atoms with E-state index in [0.29, 0.717) is 5.92 Å². The van der Waals surface area contributed by atoms with Crippen molar-refractivity contribution in [1.82, 2.24) is 10.1 Å². The van der Waals surface area contributed by atoms with Gasteiger partial charge in [0.1, 0.15) is 11.4 Å². The number of aromatic nitrogens is 1. The molecular formula is C21H23N3O2. The number of aryl methyl sites for hydroxylation is 1. The minimum Gasteiger partial charge on any atom is -0.359 e. The first kappa shape index (κ1) is 15.7. The summed E-state index contributed by atoms with van der Waals surface area (Å²) in [5.41, 5.74) is 4.19. The summed E-state index contributed by atoms with van der Waals surface area (Å²) in [7, 11) is 0. The fraction of sp³-hybridized carbons (Fsp3) is 0.429. The second kappa shape index (κ2) is 6.01. The van der Waals surface area contributed by atoms with Crippen molar-refractivity contribution >= 4 is 17.3 Å². The quantitative estimate of drug-likeness (QED) is 0.873. The van der Waals surface area contributed by atoms with Crippen LogP contribution < -0.4 is 5.32 Å². The van der Waals surface area contributed by atoms with Gasteiger partial charge in [0, 0.05) is 12.0 Å². The molecule has 5 rings (SSSR count). The number of rotatable bonds is 3. The molecule has 1 aromatic carbocycles. The maximum atomic E-state index is 13.0. The summed E-state index contributed by atoms with van der Waals surface area (Å²) in [6.07, 6.45) is 7.54. The Hall–Kier alpha value is -2.56. The van der Waals surface area contributed by atoms with Crippen LogP contribution in [0.2, 0.25) is 0 Å². The van der Waals surface area contributed by atoms with Gasteiger partial charge in [-0.05, 0) is 50.2 Å². The first-order chi connectivity index (χ1) is 12.7. The largest absolute Gasteiger partial charge is 0.359 e. The molecule has 1 aliphatic carbocycles. The van der Waals surface area contributed by atoms with Crippen LogP contribution in [0.1, 0.15) is 55.0 Å². The summed E-state index contributed by atoms with van der Waals surface area (Å²) in [5.74, 6) is 1.27. The number of nitrogens with zero attached hydrogens (tertiary/aromatic N) is 2. The van der Waals surface area contributed by atoms with Crippen molar-refractivity contribution in [3.63, 3.8) is 0 Å². The number of amides is 2. The molecule has 5 heteroatoms. The summed E-state index contributed by atoms with van der Waals surface area (Å²) in [6.45, 7) is 1.89. The summed E-state index contributed by atoms with van der Waals surface area (Å²) in [6, 6.07) is 10.9. The van der Waals surface area contributed by atoms with E-state index in [4.69, 9.17) is 4.52 Å². The summed E-state index contributed by atoms with van der Waals surface area (Å²) < 4.78 is 5.46. The van der Waals surface area contributed by atoms with Crippen molar-refractivity contribution in [2.24, 2.45) is 0 Å². The summed E-state index contributed by atoms with van der Waals surface area (Å²) >= 11 is 0. The van der Waals surface area contributed by atoms with Crippen LogP contribution in [0.4, 0.5) is 10.5 Å². The first-order valence-electron chi connectivity index (χ1n) is 9.52. The van der Waals surface area contributed by atoms with E-state index in [1.54, 1.807) is 0 Å². The molecule has 2 bridgehead atoms. The number of carbonyl (C=O) groups is 1. The molecule has 1 saturated heterocycles. The van der Waals surface area contributed by atoms with E-state index in [1.165, 1.54) is 11.1 Å². The number of nitrogens with one attached hydrogen (secondary N) is 1. The van der Waals surface area contributed by atoms with Crippen LogP contribution >= 0.6 is 0 Å². The molecular weight excluding hydrogens is 326 g/mol. The minimum absolute atomic E-state index is 0.0194. The molecule has 134 valence electrons. The van der Waals surface area contributed by atoms with Crippen LogP contribution in [0, 0.1) is 6.92 Å². The van der Waals surface area contributed by atoms with E-state index in [2.05, 4.69) is 40.8 Å². The van der Waals surface area contributed by atoms with Gasteiger partial charge in [-0.2, -0.15) is 0 Å². The van der Waals surface area contributed by atoms with Crippen molar-refractivity contribution in [3.8, 4) is 0 Å². The molecule has 1 N–H and O–H groups in total. The predicted octanol–water partition coefficient (Wildman–Crippen LogP) is 4.71. The Morgan fingerprint density at radius 2 is 2.00 bits per heavy atom. The first-order valence-corrected chi connectivity index (χ1v) is 9.52. The Morgan fingerprint density at radius 1 is 1.19 bits per heavy atom. The van der Waals surface area contributed by atoms with Gasteiger partial charge in [-0.1, -0.05) is 41.6 Å². The number of hydrogen-bond donors (Lipinski definition) is 1. The zero-order valence-corrected chi connectivity index (χ0v) is 14.9. The van der Waals surface area contributed by atoms with Crippen LogP contribution in [0.15, 0.2) is 40.9 Å². The topological polar surface area (TPSA) is 58.4 Å². The Labute approximate surface area is 153 Å². The molecule has 0 spiro atoms. The SMILES string of the molecule is Cc1noc(C2CC2)c1NC(=O)N1[C@@H]2CC[C@@H]1C=C(c1ccccc1)C2. The minimum atomic E-state index is -0.0194. The monoisotopic (exact) mass is 349 g/mol. The highest BCUT2D eigenvalue weighted by atomic mass is 16.5. The van der Waals surface area contributed by atoms with Crippen LogP contribution in [0.3, 0.4) is 0 Å². The average Bonchev–Trinajstić information content (AvgIpc) is 3.39. The molecule has 2 aliphatic heterocycles. The van der Waals surface area contributed by atoms with E-state index >= 15 is 0 Å². The van der Waals surface area contributed by atoms with E-state index in [1.807, 2.05) is 17.9 Å². The molecule has 0 radical (unpaired) electrons. The number of anilines is 1. The molecule has 1 saturated carbocycles. The number of fused-ring (bicyclic) bond motifs is 2. The van der Waals surface area contributed by atoms with Crippen LogP contribution in [-0.4, -0.2) is 28.2 Å². The highest BCUT2D eigenvalue weighted by Crippen LogP contribution is 2.45. The lowest BCUT2D eigenvalue weighted by Crippen LogP contribution is -2.45. The van der Waals surface area contributed by atoms with Crippen molar-refractivity contribution in [2.75, 3.05) is 5.32 Å². The van der Waals surface area contributed by atoms with E-state index in [-0.39, 0.29) is 18.1 Å². The Balaban J connectivity index is 1.37. The van der Waals surface area contributed by atoms with Crippen LogP contribution in [-0.2, 0) is 0 Å². The lowest BCUT2D eigenvalue weighted by Gasteiger charge is -2.34. The summed E-state index contributed by atoms with van der Waals surface area (Å²) in [5, 5.41) is 7.17. The molecule has 2 amide bonds. The number of carbonyl (C=O) groups excluding carboxylic acids is 1. The van der Waals surface area contributed by atoms with Crippen molar-refractivity contribution in [3.05, 3.63) is 53.4 Å². The van der Waals surface area contributed by atoms with Gasteiger partial charge in [0.25, 0.3) is 0 Å². The highest BCUT2D eigenvalue weighted by molar-refractivity contribution is 5.92. The maximum Gasteiger partial charge on any atom is 0.322 e. The average molecular weight is 349 g/mol. The zero-order chi connectivity index (χ0) is 17.7. The third kappa shape index (κ3) is 2.62. The number of benzene rings is 1. The second-order valence-corrected chi connectivity index (χ2v) is 7.68. The molecule has 1 aromatic heterocycles. The third-order valence-electron chi connectivity index (χ3n) is 5.84. The van der Waals surface area contributed by atoms with Gasteiger partial charge in [0.05, 0.1) is 6.04 Å². The third-order valence-corrected chi connectivity index (χ3v) is 5.84. The van der Waals surface area contributed by atoms with E-state index in [9.17, 15) is 4.79 Å². The van der Waals surface area contributed by atoms with E-state index in [0.717, 1.165) is 49.2 Å². The maximum absolute atomic E-state index is 13.0. The molecule has 2 atom stereocenters. The van der Waals surface area contributed by atoms with Gasteiger partial charge in [0.2, 0.25) is 0 Å². The highest BCUT2D eigenvalue weighted by Gasteiger charge is 2.41. The molecule has 0 unspecified atom stereocenters. The van der Waals surface area contributed by atoms with Crippen molar-refractivity contribution < 1.29 is 9.32 Å². The molecule has 2 fully saturated rings. The normalized spacial score (nSPS) is 24.5. The zero-order valence-electron chi connectivity index (χ0n) is 14.9. The van der Waals surface area contributed by atoms with Crippen LogP contribution in [0.25, 0.3) is 5.57 Å². The lowest BCUT2D eigenvalue weighted by atomic mass is 9.95. The number of hydrogen-bond acceptors (Lipinski definition) is 3. The smallest absolute Gasteiger partial charge is 0.322 e. The fourth-order valence-electron chi connectivity index (χ4n) is 4.35. The van der Waals surface area contributed by atoms with Crippen molar-refractivity contribution in [1.29, 1.82) is 0 Å². The summed E-state index contributed by atoms with van der Waals surface area (Å²) in [4.78, 5) is 15.1. The van der Waals surface area contributed by atoms with Gasteiger partial charge in [-0.15, -0.1) is 0 Å². The van der Waals surface area contributed by atoms with E-state index < -0.39 is 0 Å². The molecule has 5 nitrogen and oxygen atoms in total. The van der Waals surface area contributed by atoms with Gasteiger partial charge < -0.3 is 14.7 Å². The Bertz CT molecular complexity index is 867. The van der Waals surface area contributed by atoms with Gasteiger partial charge in [-0.3, -0.25) is 0 Å². The molecule has 2 aromatic rings. The van der Waals surface area contributed by atoms with Gasteiger partial charge in [-0.25, -0.2) is 4.79 Å². The van der Waals surface area contributed by atoms with Gasteiger partial charge >= 0.3 is 6.03 Å². The lowest BCUT2D eigenvalue weighted by molar-refractivity contribution is 0.193. The van der Waals surface area contributed by atoms with Crippen LogP contribution in [0.5, 0.6) is 0 Å². The standard InChI is InChI=1S/C21H23N3O2/c1-13-19(20(26-23-13)15-7-8-15)22-21(25)24-17-9-10-18(24)12-16(11-17)14-5-3-2-4-6-14/h2-6,11,15,17-18H,7-10,12H2,1H3,(H,22,25)/t17-,18-/m1/s1. The number of urea groups is 1. The van der Waals surface area contributed by atoms with Crippen molar-refractivity contribution in [2.45, 2.75) is 57.0 Å². The Morgan fingerprint density at radius 3 is 2.73 bits per heavy atom. The Kier molecular flexibility index (Phi) is 3.62. The molecule has 3 aliphatic rings. The fourth-order valence-corrected chi connectivity index (χ4v) is 4.35. The van der Waals surface area contributed by atoms with Gasteiger partial charge in [0.15, 0.2) is 5.76 Å². The second-order valence-electron chi connectivity index (χ2n) is 7.68.